The molecule has 3 atom stereocenters. The number of hydrogen-bond donors (Lipinski definition) is 3. The van der Waals surface area contributed by atoms with Crippen LogP contribution in [0.25, 0.3) is 0 Å². The number of aryl methyl sites for hydroxylation is 1. The molecule has 1 aliphatic rings. The zero-order valence-electron chi connectivity index (χ0n) is 15.6. The number of aliphatic carboxylic acids is 1. The zero-order valence-corrected chi connectivity index (χ0v) is 15.6. The van der Waals surface area contributed by atoms with Crippen molar-refractivity contribution in [2.75, 3.05) is 13.1 Å². The van der Waals surface area contributed by atoms with Crippen LogP contribution < -0.4 is 11.1 Å². The quantitative estimate of drug-likeness (QED) is 0.669. The number of rotatable bonds is 8. The van der Waals surface area contributed by atoms with Crippen LogP contribution >= 0.6 is 0 Å². The Morgan fingerprint density at radius 1 is 1.11 bits per heavy atom. The van der Waals surface area contributed by atoms with Crippen LogP contribution in [0.2, 0.25) is 0 Å². The molecule has 144 valence electrons. The maximum absolute atomic E-state index is 10.9. The summed E-state index contributed by atoms with van der Waals surface area (Å²) in [5.41, 5.74) is 9.12. The van der Waals surface area contributed by atoms with E-state index in [0.717, 1.165) is 19.4 Å². The Morgan fingerprint density at radius 2 is 1.78 bits per heavy atom. The fourth-order valence-corrected chi connectivity index (χ4v) is 3.80. The highest BCUT2D eigenvalue weighted by molar-refractivity contribution is 5.66. The molecule has 2 aromatic carbocycles. The molecule has 0 amide bonds. The van der Waals surface area contributed by atoms with Crippen LogP contribution in [0.4, 0.5) is 0 Å². The SMILES string of the molecule is NC1C(CCc2ccccc2)NC(c2ccccc2)CN1CCCC(=O)O. The first kappa shape index (κ1) is 19.5. The minimum absolute atomic E-state index is 0.109. The number of nitrogens with one attached hydrogen (secondary N) is 1. The Balaban J connectivity index is 1.68. The molecule has 2 aromatic rings. The monoisotopic (exact) mass is 367 g/mol. The van der Waals surface area contributed by atoms with E-state index < -0.39 is 5.97 Å². The highest BCUT2D eigenvalue weighted by atomic mass is 16.4. The van der Waals surface area contributed by atoms with Gasteiger partial charge >= 0.3 is 5.97 Å². The van der Waals surface area contributed by atoms with Gasteiger partial charge < -0.3 is 16.2 Å². The molecule has 0 aromatic heterocycles. The predicted molar refractivity (Wildman–Crippen MR) is 107 cm³/mol. The van der Waals surface area contributed by atoms with Gasteiger partial charge in [-0.3, -0.25) is 9.69 Å². The number of benzene rings is 2. The lowest BCUT2D eigenvalue weighted by Crippen LogP contribution is -2.63. The summed E-state index contributed by atoms with van der Waals surface area (Å²) in [5.74, 6) is -0.751. The summed E-state index contributed by atoms with van der Waals surface area (Å²) in [7, 11) is 0. The van der Waals surface area contributed by atoms with Crippen molar-refractivity contribution >= 4 is 5.97 Å². The number of carboxylic acid groups (broad SMARTS) is 1. The Labute approximate surface area is 161 Å². The molecule has 0 spiro atoms. The first-order chi connectivity index (χ1) is 13.1. The normalized spacial score (nSPS) is 23.2. The van der Waals surface area contributed by atoms with Crippen LogP contribution in [-0.4, -0.2) is 41.3 Å². The third-order valence-electron chi connectivity index (χ3n) is 5.29. The topological polar surface area (TPSA) is 78.6 Å². The van der Waals surface area contributed by atoms with Crippen molar-refractivity contribution in [3.63, 3.8) is 0 Å². The average molecular weight is 367 g/mol. The second-order valence-electron chi connectivity index (χ2n) is 7.24. The third-order valence-corrected chi connectivity index (χ3v) is 5.29. The Hall–Kier alpha value is -2.21. The molecule has 0 aliphatic carbocycles. The number of nitrogens with zero attached hydrogens (tertiary/aromatic N) is 1. The molecule has 5 heteroatoms. The van der Waals surface area contributed by atoms with Crippen LogP contribution in [0, 0.1) is 0 Å². The van der Waals surface area contributed by atoms with E-state index in [1.54, 1.807) is 0 Å². The molecule has 4 N–H and O–H groups in total. The Kier molecular flexibility index (Phi) is 6.98. The first-order valence-corrected chi connectivity index (χ1v) is 9.70. The number of nitrogens with two attached hydrogens (primary N) is 1. The second-order valence-corrected chi connectivity index (χ2v) is 7.24. The van der Waals surface area contributed by atoms with E-state index in [2.05, 4.69) is 58.7 Å². The van der Waals surface area contributed by atoms with Gasteiger partial charge in [0.05, 0.1) is 6.17 Å². The number of piperazine rings is 1. The van der Waals surface area contributed by atoms with Crippen molar-refractivity contribution in [2.24, 2.45) is 5.73 Å². The van der Waals surface area contributed by atoms with Crippen LogP contribution in [-0.2, 0) is 11.2 Å². The predicted octanol–water partition coefficient (Wildman–Crippen LogP) is 2.78. The van der Waals surface area contributed by atoms with Gasteiger partial charge in [0, 0.05) is 31.6 Å². The summed E-state index contributed by atoms with van der Waals surface area (Å²) >= 11 is 0. The fourth-order valence-electron chi connectivity index (χ4n) is 3.80. The van der Waals surface area contributed by atoms with E-state index in [9.17, 15) is 4.79 Å². The first-order valence-electron chi connectivity index (χ1n) is 9.70. The molecule has 0 radical (unpaired) electrons. The summed E-state index contributed by atoms with van der Waals surface area (Å²) in [6.45, 7) is 1.51. The highest BCUT2D eigenvalue weighted by Crippen LogP contribution is 2.24. The van der Waals surface area contributed by atoms with Crippen LogP contribution in [0.1, 0.15) is 36.4 Å². The summed E-state index contributed by atoms with van der Waals surface area (Å²) in [5, 5.41) is 12.7. The zero-order chi connectivity index (χ0) is 19.1. The summed E-state index contributed by atoms with van der Waals surface area (Å²) in [6, 6.07) is 21.2. The summed E-state index contributed by atoms with van der Waals surface area (Å²) < 4.78 is 0. The van der Waals surface area contributed by atoms with E-state index in [1.165, 1.54) is 11.1 Å². The van der Waals surface area contributed by atoms with Crippen LogP contribution in [0.15, 0.2) is 60.7 Å². The van der Waals surface area contributed by atoms with Gasteiger partial charge in [-0.25, -0.2) is 0 Å². The molecule has 1 fully saturated rings. The van der Waals surface area contributed by atoms with Gasteiger partial charge in [0.25, 0.3) is 0 Å². The third kappa shape index (κ3) is 5.63. The molecular weight excluding hydrogens is 338 g/mol. The minimum atomic E-state index is -0.751. The molecule has 5 nitrogen and oxygen atoms in total. The summed E-state index contributed by atoms with van der Waals surface area (Å²) in [4.78, 5) is 13.1. The Morgan fingerprint density at radius 3 is 2.44 bits per heavy atom. The van der Waals surface area contributed by atoms with Crippen molar-refractivity contribution in [2.45, 2.75) is 43.9 Å². The van der Waals surface area contributed by atoms with Crippen molar-refractivity contribution in [3.05, 3.63) is 71.8 Å². The van der Waals surface area contributed by atoms with Crippen molar-refractivity contribution in [1.82, 2.24) is 10.2 Å². The number of carbonyl (C=O) groups is 1. The van der Waals surface area contributed by atoms with Gasteiger partial charge in [-0.15, -0.1) is 0 Å². The van der Waals surface area contributed by atoms with Crippen molar-refractivity contribution in [1.29, 1.82) is 0 Å². The molecule has 0 saturated carbocycles. The van der Waals surface area contributed by atoms with Crippen molar-refractivity contribution < 1.29 is 9.90 Å². The lowest BCUT2D eigenvalue weighted by molar-refractivity contribution is -0.137. The second kappa shape index (κ2) is 9.65. The minimum Gasteiger partial charge on any atom is -0.481 e. The largest absolute Gasteiger partial charge is 0.481 e. The van der Waals surface area contributed by atoms with E-state index in [1.807, 2.05) is 12.1 Å². The highest BCUT2D eigenvalue weighted by Gasteiger charge is 2.33. The van der Waals surface area contributed by atoms with Gasteiger partial charge in [0.15, 0.2) is 0 Å². The average Bonchev–Trinajstić information content (AvgIpc) is 2.69. The van der Waals surface area contributed by atoms with Gasteiger partial charge in [-0.1, -0.05) is 60.7 Å². The van der Waals surface area contributed by atoms with Crippen LogP contribution in [0.5, 0.6) is 0 Å². The molecule has 3 rings (SSSR count). The maximum Gasteiger partial charge on any atom is 0.303 e. The van der Waals surface area contributed by atoms with Gasteiger partial charge in [-0.2, -0.15) is 0 Å². The van der Waals surface area contributed by atoms with E-state index in [-0.39, 0.29) is 24.7 Å². The lowest BCUT2D eigenvalue weighted by atomic mass is 9.95. The lowest BCUT2D eigenvalue weighted by Gasteiger charge is -2.44. The molecule has 0 bridgehead atoms. The van der Waals surface area contributed by atoms with Gasteiger partial charge in [0.2, 0.25) is 0 Å². The standard InChI is InChI=1S/C22H29N3O2/c23-22-19(14-13-17-8-3-1-4-9-17)24-20(18-10-5-2-6-11-18)16-25(22)15-7-12-21(26)27/h1-6,8-11,19-20,22,24H,7,12-16,23H2,(H,26,27). The van der Waals surface area contributed by atoms with Gasteiger partial charge in [-0.05, 0) is 30.4 Å². The molecule has 1 heterocycles. The smallest absolute Gasteiger partial charge is 0.303 e. The Bertz CT molecular complexity index is 708. The van der Waals surface area contributed by atoms with Gasteiger partial charge in [0.1, 0.15) is 0 Å². The fraction of sp³-hybridized carbons (Fsp3) is 0.409. The molecule has 27 heavy (non-hydrogen) atoms. The molecule has 1 aliphatic heterocycles. The molecular formula is C22H29N3O2. The summed E-state index contributed by atoms with van der Waals surface area (Å²) in [6.07, 6.45) is 2.61. The number of carboxylic acids is 1. The van der Waals surface area contributed by atoms with E-state index in [0.29, 0.717) is 13.0 Å². The number of hydrogen-bond acceptors (Lipinski definition) is 4. The van der Waals surface area contributed by atoms with Crippen LogP contribution in [0.3, 0.4) is 0 Å². The van der Waals surface area contributed by atoms with Crippen molar-refractivity contribution in [3.8, 4) is 0 Å². The van der Waals surface area contributed by atoms with E-state index in [4.69, 9.17) is 10.8 Å². The molecule has 3 unspecified atom stereocenters. The van der Waals surface area contributed by atoms with E-state index >= 15 is 0 Å². The maximum atomic E-state index is 10.9. The molecule has 1 saturated heterocycles.